The zero-order valence-electron chi connectivity index (χ0n) is 13.1. The Bertz CT molecular complexity index is 725. The predicted octanol–water partition coefficient (Wildman–Crippen LogP) is 3.39. The van der Waals surface area contributed by atoms with Gasteiger partial charge in [0.2, 0.25) is 0 Å². The number of allylic oxidation sites excluding steroid dienone is 1. The summed E-state index contributed by atoms with van der Waals surface area (Å²) in [5, 5.41) is 12.2. The number of nitrogens with one attached hydrogen (secondary N) is 1. The van der Waals surface area contributed by atoms with Crippen LogP contribution in [0.5, 0.6) is 17.2 Å². The van der Waals surface area contributed by atoms with Gasteiger partial charge in [-0.25, -0.2) is 0 Å². The predicted molar refractivity (Wildman–Crippen MR) is 89.5 cm³/mol. The van der Waals surface area contributed by atoms with E-state index in [9.17, 15) is 9.90 Å². The molecular weight excluding hydrogens is 294 g/mol. The van der Waals surface area contributed by atoms with Gasteiger partial charge in [-0.2, -0.15) is 0 Å². The fourth-order valence-electron chi connectivity index (χ4n) is 2.27. The topological polar surface area (TPSA) is 67.8 Å². The third-order valence-corrected chi connectivity index (χ3v) is 3.29. The van der Waals surface area contributed by atoms with E-state index in [0.717, 1.165) is 5.56 Å². The maximum Gasteiger partial charge on any atom is 0.255 e. The monoisotopic (exact) mass is 313 g/mol. The molecule has 2 N–H and O–H groups in total. The molecule has 0 radical (unpaired) electrons. The average molecular weight is 313 g/mol. The van der Waals surface area contributed by atoms with Gasteiger partial charge in [-0.05, 0) is 30.7 Å². The number of rotatable bonds is 6. The van der Waals surface area contributed by atoms with Crippen LogP contribution in [-0.4, -0.2) is 25.2 Å². The van der Waals surface area contributed by atoms with Gasteiger partial charge >= 0.3 is 0 Å². The molecule has 1 amide bonds. The van der Waals surface area contributed by atoms with Crippen molar-refractivity contribution in [2.75, 3.05) is 19.5 Å². The van der Waals surface area contributed by atoms with Crippen molar-refractivity contribution in [3.8, 4) is 17.2 Å². The first kappa shape index (κ1) is 16.4. The lowest BCUT2D eigenvalue weighted by molar-refractivity contribution is 0.102. The molecule has 0 bridgehead atoms. The molecule has 0 aliphatic carbocycles. The van der Waals surface area contributed by atoms with E-state index in [1.165, 1.54) is 19.2 Å². The van der Waals surface area contributed by atoms with Crippen molar-refractivity contribution in [3.05, 3.63) is 60.2 Å². The quantitative estimate of drug-likeness (QED) is 0.802. The van der Waals surface area contributed by atoms with Crippen LogP contribution in [0.25, 0.3) is 0 Å². The highest BCUT2D eigenvalue weighted by atomic mass is 16.5. The van der Waals surface area contributed by atoms with Gasteiger partial charge in [0.15, 0.2) is 11.5 Å². The SMILES string of the molecule is C=CCc1cc(C(=O)Nc2cccc(O)c2)cc(OC)c1OC. The summed E-state index contributed by atoms with van der Waals surface area (Å²) in [5.74, 6) is 0.846. The van der Waals surface area contributed by atoms with Gasteiger partial charge in [0, 0.05) is 22.9 Å². The van der Waals surface area contributed by atoms with Crippen molar-refractivity contribution in [2.45, 2.75) is 6.42 Å². The first-order valence-corrected chi connectivity index (χ1v) is 7.05. The molecule has 23 heavy (non-hydrogen) atoms. The number of amides is 1. The molecule has 5 nitrogen and oxygen atoms in total. The Balaban J connectivity index is 2.36. The number of carbonyl (C=O) groups is 1. The lowest BCUT2D eigenvalue weighted by atomic mass is 10.0. The summed E-state index contributed by atoms with van der Waals surface area (Å²) in [6, 6.07) is 9.72. The molecule has 0 saturated heterocycles. The standard InChI is InChI=1S/C18H19NO4/c1-4-6-12-9-13(10-16(22-2)17(12)23-3)18(21)19-14-7-5-8-15(20)11-14/h4-5,7-11,20H,1,6H2,2-3H3,(H,19,21). The molecule has 0 fully saturated rings. The Hall–Kier alpha value is -2.95. The van der Waals surface area contributed by atoms with E-state index in [2.05, 4.69) is 11.9 Å². The lowest BCUT2D eigenvalue weighted by Crippen LogP contribution is -2.13. The van der Waals surface area contributed by atoms with Crippen molar-refractivity contribution in [1.82, 2.24) is 0 Å². The van der Waals surface area contributed by atoms with Gasteiger partial charge in [0.25, 0.3) is 5.91 Å². The van der Waals surface area contributed by atoms with Crippen LogP contribution in [0.4, 0.5) is 5.69 Å². The van der Waals surface area contributed by atoms with Crippen molar-refractivity contribution in [2.24, 2.45) is 0 Å². The highest BCUT2D eigenvalue weighted by molar-refractivity contribution is 6.05. The van der Waals surface area contributed by atoms with E-state index < -0.39 is 0 Å². The molecule has 2 aromatic carbocycles. The summed E-state index contributed by atoms with van der Waals surface area (Å²) in [7, 11) is 3.07. The van der Waals surface area contributed by atoms with Gasteiger partial charge in [0.1, 0.15) is 5.75 Å². The van der Waals surface area contributed by atoms with Gasteiger partial charge in [-0.15, -0.1) is 6.58 Å². The van der Waals surface area contributed by atoms with Gasteiger partial charge in [-0.3, -0.25) is 4.79 Å². The maximum atomic E-state index is 12.4. The molecule has 0 spiro atoms. The molecule has 5 heteroatoms. The summed E-state index contributed by atoms with van der Waals surface area (Å²) in [6.45, 7) is 3.71. The summed E-state index contributed by atoms with van der Waals surface area (Å²) >= 11 is 0. The van der Waals surface area contributed by atoms with E-state index in [4.69, 9.17) is 9.47 Å². The molecule has 120 valence electrons. The minimum absolute atomic E-state index is 0.0856. The van der Waals surface area contributed by atoms with Crippen LogP contribution < -0.4 is 14.8 Å². The molecular formula is C18H19NO4. The number of aromatic hydroxyl groups is 1. The largest absolute Gasteiger partial charge is 0.508 e. The third kappa shape index (κ3) is 3.83. The summed E-state index contributed by atoms with van der Waals surface area (Å²) in [6.07, 6.45) is 2.28. The second kappa shape index (κ2) is 7.35. The van der Waals surface area contributed by atoms with Crippen LogP contribution in [0.3, 0.4) is 0 Å². The van der Waals surface area contributed by atoms with E-state index in [-0.39, 0.29) is 11.7 Å². The molecule has 2 aromatic rings. The molecule has 2 rings (SSSR count). The highest BCUT2D eigenvalue weighted by Crippen LogP contribution is 2.33. The van der Waals surface area contributed by atoms with E-state index in [1.54, 1.807) is 37.5 Å². The Morgan fingerprint density at radius 1 is 1.26 bits per heavy atom. The highest BCUT2D eigenvalue weighted by Gasteiger charge is 2.16. The zero-order chi connectivity index (χ0) is 16.8. The summed E-state index contributed by atoms with van der Waals surface area (Å²) < 4.78 is 10.7. The van der Waals surface area contributed by atoms with Crippen molar-refractivity contribution in [3.63, 3.8) is 0 Å². The number of ether oxygens (including phenoxy) is 2. The maximum absolute atomic E-state index is 12.4. The number of phenols is 1. The molecule has 0 aromatic heterocycles. The number of benzene rings is 2. The Labute approximate surface area is 135 Å². The number of anilines is 1. The minimum atomic E-state index is -0.304. The van der Waals surface area contributed by atoms with Gasteiger partial charge in [0.05, 0.1) is 14.2 Å². The smallest absolute Gasteiger partial charge is 0.255 e. The fourth-order valence-corrected chi connectivity index (χ4v) is 2.27. The Morgan fingerprint density at radius 2 is 2.04 bits per heavy atom. The van der Waals surface area contributed by atoms with Crippen molar-refractivity contribution in [1.29, 1.82) is 0 Å². The van der Waals surface area contributed by atoms with Crippen LogP contribution in [0.2, 0.25) is 0 Å². The molecule has 0 atom stereocenters. The Morgan fingerprint density at radius 3 is 2.65 bits per heavy atom. The molecule has 0 heterocycles. The normalized spacial score (nSPS) is 10.0. The van der Waals surface area contributed by atoms with Crippen LogP contribution >= 0.6 is 0 Å². The molecule has 0 aliphatic heterocycles. The first-order valence-electron chi connectivity index (χ1n) is 7.05. The number of phenolic OH excluding ortho intramolecular Hbond substituents is 1. The summed E-state index contributed by atoms with van der Waals surface area (Å²) in [5.41, 5.74) is 1.75. The third-order valence-electron chi connectivity index (χ3n) is 3.29. The second-order valence-electron chi connectivity index (χ2n) is 4.87. The van der Waals surface area contributed by atoms with Crippen molar-refractivity contribution >= 4 is 11.6 Å². The number of hydrogen-bond donors (Lipinski definition) is 2. The lowest BCUT2D eigenvalue weighted by Gasteiger charge is -2.14. The molecule has 0 unspecified atom stereocenters. The number of hydrogen-bond acceptors (Lipinski definition) is 4. The van der Waals surface area contributed by atoms with E-state index in [1.807, 2.05) is 0 Å². The van der Waals surface area contributed by atoms with Crippen LogP contribution in [0, 0.1) is 0 Å². The fraction of sp³-hybridized carbons (Fsp3) is 0.167. The second-order valence-corrected chi connectivity index (χ2v) is 4.87. The van der Waals surface area contributed by atoms with Crippen LogP contribution in [0.1, 0.15) is 15.9 Å². The van der Waals surface area contributed by atoms with Crippen LogP contribution in [0.15, 0.2) is 49.1 Å². The average Bonchev–Trinajstić information content (AvgIpc) is 2.54. The number of carbonyl (C=O) groups excluding carboxylic acids is 1. The zero-order valence-corrected chi connectivity index (χ0v) is 13.1. The first-order chi connectivity index (χ1) is 11.1. The van der Waals surface area contributed by atoms with Crippen LogP contribution in [-0.2, 0) is 6.42 Å². The van der Waals surface area contributed by atoms with E-state index in [0.29, 0.717) is 29.2 Å². The van der Waals surface area contributed by atoms with Crippen molar-refractivity contribution < 1.29 is 19.4 Å². The minimum Gasteiger partial charge on any atom is -0.508 e. The van der Waals surface area contributed by atoms with Gasteiger partial charge < -0.3 is 19.9 Å². The Kier molecular flexibility index (Phi) is 5.25. The van der Waals surface area contributed by atoms with Gasteiger partial charge in [-0.1, -0.05) is 12.1 Å². The summed E-state index contributed by atoms with van der Waals surface area (Å²) in [4.78, 5) is 12.4. The number of methoxy groups -OCH3 is 2. The van der Waals surface area contributed by atoms with E-state index >= 15 is 0 Å². The molecule has 0 aliphatic rings. The molecule has 0 saturated carbocycles.